The highest BCUT2D eigenvalue weighted by atomic mass is 32.1. The van der Waals surface area contributed by atoms with Gasteiger partial charge in [-0.3, -0.25) is 14.9 Å². The second kappa shape index (κ2) is 4.58. The molecule has 8 heteroatoms. The third-order valence-electron chi connectivity index (χ3n) is 2.50. The Hall–Kier alpha value is -2.61. The van der Waals surface area contributed by atoms with E-state index in [0.29, 0.717) is 11.4 Å². The minimum Gasteiger partial charge on any atom is -0.364 e. The van der Waals surface area contributed by atoms with E-state index in [-0.39, 0.29) is 5.69 Å². The van der Waals surface area contributed by atoms with Crippen LogP contribution < -0.4 is 5.73 Å². The van der Waals surface area contributed by atoms with Crippen LogP contribution in [0.25, 0.3) is 22.0 Å². The van der Waals surface area contributed by atoms with Crippen molar-refractivity contribution in [1.82, 2.24) is 25.1 Å². The summed E-state index contributed by atoms with van der Waals surface area (Å²) >= 11 is 1.45. The molecule has 0 aromatic carbocycles. The fraction of sp³-hybridized carbons (Fsp3) is 0. The number of pyridine rings is 1. The molecular weight excluding hydrogens is 264 g/mol. The predicted molar refractivity (Wildman–Crippen MR) is 69.2 cm³/mol. The fourth-order valence-corrected chi connectivity index (χ4v) is 2.42. The zero-order chi connectivity index (χ0) is 13.2. The van der Waals surface area contributed by atoms with Gasteiger partial charge in [0.1, 0.15) is 17.0 Å². The van der Waals surface area contributed by atoms with E-state index in [9.17, 15) is 4.79 Å². The van der Waals surface area contributed by atoms with Gasteiger partial charge in [-0.2, -0.15) is 5.10 Å². The van der Waals surface area contributed by atoms with Crippen molar-refractivity contribution in [1.29, 1.82) is 0 Å². The smallest absolute Gasteiger partial charge is 0.268 e. The van der Waals surface area contributed by atoms with Crippen LogP contribution in [0.3, 0.4) is 0 Å². The zero-order valence-corrected chi connectivity index (χ0v) is 10.4. The summed E-state index contributed by atoms with van der Waals surface area (Å²) in [6, 6.07) is 1.77. The number of primary amides is 1. The van der Waals surface area contributed by atoms with Gasteiger partial charge >= 0.3 is 0 Å². The number of hydrogen-bond acceptors (Lipinski definition) is 6. The average molecular weight is 272 g/mol. The molecule has 3 rings (SSSR count). The summed E-state index contributed by atoms with van der Waals surface area (Å²) in [4.78, 5) is 23.8. The number of hydrogen-bond donors (Lipinski definition) is 2. The molecule has 3 aromatic rings. The topological polar surface area (TPSA) is 110 Å². The normalized spacial score (nSPS) is 10.5. The maximum atomic E-state index is 11.5. The lowest BCUT2D eigenvalue weighted by atomic mass is 10.1. The molecule has 1 amide bonds. The molecule has 0 spiro atoms. The lowest BCUT2D eigenvalue weighted by Crippen LogP contribution is -2.15. The van der Waals surface area contributed by atoms with E-state index in [1.54, 1.807) is 12.3 Å². The van der Waals surface area contributed by atoms with Gasteiger partial charge < -0.3 is 5.73 Å². The Morgan fingerprint density at radius 2 is 2.16 bits per heavy atom. The van der Waals surface area contributed by atoms with E-state index >= 15 is 0 Å². The summed E-state index contributed by atoms with van der Waals surface area (Å²) in [5, 5.41) is 9.12. The van der Waals surface area contributed by atoms with Crippen molar-refractivity contribution in [2.24, 2.45) is 5.73 Å². The number of rotatable bonds is 3. The Kier molecular flexibility index (Phi) is 2.76. The maximum absolute atomic E-state index is 11.5. The summed E-state index contributed by atoms with van der Waals surface area (Å²) in [6.07, 6.45) is 4.57. The SMILES string of the molecule is NC(=O)c1nccc(-c2nccs2)c1-c1ncn[nH]1. The molecule has 3 heterocycles. The van der Waals surface area contributed by atoms with Crippen LogP contribution in [0.4, 0.5) is 0 Å². The van der Waals surface area contributed by atoms with Crippen molar-refractivity contribution < 1.29 is 4.79 Å². The van der Waals surface area contributed by atoms with Crippen molar-refractivity contribution in [2.45, 2.75) is 0 Å². The molecule has 0 aliphatic rings. The second-order valence-electron chi connectivity index (χ2n) is 3.62. The van der Waals surface area contributed by atoms with Crippen LogP contribution in [0.2, 0.25) is 0 Å². The largest absolute Gasteiger partial charge is 0.364 e. The highest BCUT2D eigenvalue weighted by molar-refractivity contribution is 7.13. The van der Waals surface area contributed by atoms with Crippen LogP contribution in [0, 0.1) is 0 Å². The lowest BCUT2D eigenvalue weighted by molar-refractivity contribution is 0.0996. The number of aromatic nitrogens is 5. The number of carbonyl (C=O) groups excluding carboxylic acids is 1. The first kappa shape index (κ1) is 11.5. The zero-order valence-electron chi connectivity index (χ0n) is 9.57. The summed E-state index contributed by atoms with van der Waals surface area (Å²) < 4.78 is 0. The van der Waals surface area contributed by atoms with Crippen LogP contribution in [0.5, 0.6) is 0 Å². The number of amides is 1. The molecule has 0 aliphatic carbocycles. The van der Waals surface area contributed by atoms with Crippen molar-refractivity contribution in [3.63, 3.8) is 0 Å². The molecule has 3 N–H and O–H groups in total. The monoisotopic (exact) mass is 272 g/mol. The Morgan fingerprint density at radius 1 is 1.26 bits per heavy atom. The summed E-state index contributed by atoms with van der Waals surface area (Å²) in [6.45, 7) is 0. The summed E-state index contributed by atoms with van der Waals surface area (Å²) in [5.41, 5.74) is 6.77. The Balaban J connectivity index is 2.31. The van der Waals surface area contributed by atoms with Gasteiger partial charge in [-0.15, -0.1) is 11.3 Å². The first-order valence-corrected chi connectivity index (χ1v) is 6.19. The van der Waals surface area contributed by atoms with Gasteiger partial charge in [0.15, 0.2) is 5.82 Å². The molecule has 19 heavy (non-hydrogen) atoms. The number of aromatic amines is 1. The van der Waals surface area contributed by atoms with E-state index in [4.69, 9.17) is 5.73 Å². The van der Waals surface area contributed by atoms with Gasteiger partial charge in [0, 0.05) is 23.3 Å². The molecule has 0 saturated heterocycles. The first-order valence-electron chi connectivity index (χ1n) is 5.32. The van der Waals surface area contributed by atoms with E-state index < -0.39 is 5.91 Å². The minimum atomic E-state index is -0.621. The van der Waals surface area contributed by atoms with Crippen LogP contribution in [0.1, 0.15) is 10.5 Å². The Labute approximate surface area is 111 Å². The molecule has 0 unspecified atom stereocenters. The quantitative estimate of drug-likeness (QED) is 0.741. The molecule has 0 bridgehead atoms. The molecule has 3 aromatic heterocycles. The van der Waals surface area contributed by atoms with E-state index in [1.165, 1.54) is 23.9 Å². The van der Waals surface area contributed by atoms with Crippen molar-refractivity contribution in [3.8, 4) is 22.0 Å². The molecule has 0 aliphatic heterocycles. The minimum absolute atomic E-state index is 0.143. The Morgan fingerprint density at radius 3 is 2.79 bits per heavy atom. The highest BCUT2D eigenvalue weighted by Gasteiger charge is 2.20. The molecule has 94 valence electrons. The fourth-order valence-electron chi connectivity index (χ4n) is 1.75. The third-order valence-corrected chi connectivity index (χ3v) is 3.31. The number of nitrogens with one attached hydrogen (secondary N) is 1. The van der Waals surface area contributed by atoms with Gasteiger partial charge in [0.05, 0.1) is 5.56 Å². The van der Waals surface area contributed by atoms with Gasteiger partial charge in [-0.25, -0.2) is 9.97 Å². The van der Waals surface area contributed by atoms with Crippen molar-refractivity contribution in [2.75, 3.05) is 0 Å². The number of H-pyrrole nitrogens is 1. The molecule has 0 atom stereocenters. The van der Waals surface area contributed by atoms with Crippen LogP contribution >= 0.6 is 11.3 Å². The number of carbonyl (C=O) groups is 1. The van der Waals surface area contributed by atoms with Crippen LogP contribution in [-0.2, 0) is 0 Å². The first-order chi connectivity index (χ1) is 9.27. The predicted octanol–water partition coefficient (Wildman–Crippen LogP) is 1.09. The molecule has 0 radical (unpaired) electrons. The number of nitrogens with zero attached hydrogens (tertiary/aromatic N) is 4. The van der Waals surface area contributed by atoms with Crippen molar-refractivity contribution >= 4 is 17.2 Å². The lowest BCUT2D eigenvalue weighted by Gasteiger charge is -2.07. The molecular formula is C11H8N6OS. The molecule has 0 saturated carbocycles. The highest BCUT2D eigenvalue weighted by Crippen LogP contribution is 2.32. The van der Waals surface area contributed by atoms with E-state index in [0.717, 1.165) is 10.6 Å². The summed E-state index contributed by atoms with van der Waals surface area (Å²) in [7, 11) is 0. The third kappa shape index (κ3) is 1.97. The van der Waals surface area contributed by atoms with E-state index in [1.807, 2.05) is 5.38 Å². The molecule has 0 fully saturated rings. The van der Waals surface area contributed by atoms with Gasteiger partial charge in [-0.05, 0) is 6.07 Å². The Bertz CT molecular complexity index is 707. The van der Waals surface area contributed by atoms with E-state index in [2.05, 4.69) is 25.1 Å². The maximum Gasteiger partial charge on any atom is 0.268 e. The average Bonchev–Trinajstić information content (AvgIpc) is 3.11. The number of thiazole rings is 1. The second-order valence-corrected chi connectivity index (χ2v) is 4.51. The van der Waals surface area contributed by atoms with Crippen LogP contribution in [0.15, 0.2) is 30.2 Å². The van der Waals surface area contributed by atoms with Crippen LogP contribution in [-0.4, -0.2) is 31.1 Å². The standard InChI is InChI=1S/C11H8N6OS/c12-9(18)8-7(10-15-5-16-17-10)6(1-2-13-8)11-14-3-4-19-11/h1-5H,(H2,12,18)(H,15,16,17). The number of nitrogens with two attached hydrogens (primary N) is 1. The van der Waals surface area contributed by atoms with Gasteiger partial charge in [0.2, 0.25) is 0 Å². The molecule has 7 nitrogen and oxygen atoms in total. The van der Waals surface area contributed by atoms with Gasteiger partial charge in [-0.1, -0.05) is 0 Å². The van der Waals surface area contributed by atoms with Crippen molar-refractivity contribution in [3.05, 3.63) is 35.9 Å². The van der Waals surface area contributed by atoms with Gasteiger partial charge in [0.25, 0.3) is 5.91 Å². The summed E-state index contributed by atoms with van der Waals surface area (Å²) in [5.74, 6) is -0.183.